The van der Waals surface area contributed by atoms with Crippen molar-refractivity contribution in [2.45, 2.75) is 65.0 Å². The fourth-order valence-electron chi connectivity index (χ4n) is 4.34. The van der Waals surface area contributed by atoms with E-state index in [1.807, 2.05) is 18.7 Å². The van der Waals surface area contributed by atoms with E-state index in [4.69, 9.17) is 10.3 Å². The summed E-state index contributed by atoms with van der Waals surface area (Å²) in [5.74, 6) is 1.51. The highest BCUT2D eigenvalue weighted by molar-refractivity contribution is 5.72. The van der Waals surface area contributed by atoms with Crippen LogP contribution in [0.3, 0.4) is 0 Å². The van der Waals surface area contributed by atoms with Gasteiger partial charge in [0.05, 0.1) is 5.69 Å². The number of amides is 2. The summed E-state index contributed by atoms with van der Waals surface area (Å²) in [6, 6.07) is 0.103. The van der Waals surface area contributed by atoms with Gasteiger partial charge >= 0.3 is 6.03 Å². The van der Waals surface area contributed by atoms with Crippen LogP contribution in [0.1, 0.15) is 55.5 Å². The second-order valence-corrected chi connectivity index (χ2v) is 7.36. The summed E-state index contributed by atoms with van der Waals surface area (Å²) in [5, 5.41) is 4.05. The van der Waals surface area contributed by atoms with Crippen LogP contribution in [0, 0.1) is 19.8 Å². The summed E-state index contributed by atoms with van der Waals surface area (Å²) >= 11 is 0. The van der Waals surface area contributed by atoms with Crippen molar-refractivity contribution < 1.29 is 9.32 Å². The van der Waals surface area contributed by atoms with Crippen molar-refractivity contribution in [3.8, 4) is 0 Å². The minimum atomic E-state index is -0.236. The molecule has 2 N–H and O–H groups in total. The summed E-state index contributed by atoms with van der Waals surface area (Å²) in [6.45, 7) is 7.88. The van der Waals surface area contributed by atoms with Crippen molar-refractivity contribution >= 4 is 6.03 Å². The first kappa shape index (κ1) is 17.3. The standard InChI is InChI=1S/C18H30N4O2/c1-13-16(14(2)24-20-13)12-21-10-7-15(8-11-21)17-6-4-3-5-9-22(17)18(19)23/h15,17H,3-12H2,1-2H3,(H2,19,23)/t17-/m0/s1. The van der Waals surface area contributed by atoms with Crippen LogP contribution < -0.4 is 5.73 Å². The maximum atomic E-state index is 11.8. The third-order valence-electron chi connectivity index (χ3n) is 5.82. The SMILES string of the molecule is Cc1noc(C)c1CN1CCC([C@@H]2CCCCCN2C(N)=O)CC1. The predicted molar refractivity (Wildman–Crippen MR) is 92.5 cm³/mol. The molecule has 0 saturated carbocycles. The zero-order valence-electron chi connectivity index (χ0n) is 15.0. The molecule has 2 fully saturated rings. The van der Waals surface area contributed by atoms with Crippen molar-refractivity contribution in [3.63, 3.8) is 0 Å². The molecular formula is C18H30N4O2. The molecule has 2 saturated heterocycles. The predicted octanol–water partition coefficient (Wildman–Crippen LogP) is 2.83. The van der Waals surface area contributed by atoms with E-state index in [1.165, 1.54) is 18.4 Å². The average molecular weight is 334 g/mol. The van der Waals surface area contributed by atoms with Gasteiger partial charge < -0.3 is 15.2 Å². The molecular weight excluding hydrogens is 304 g/mol. The number of nitrogens with zero attached hydrogens (tertiary/aromatic N) is 3. The second kappa shape index (κ2) is 7.55. The second-order valence-electron chi connectivity index (χ2n) is 7.36. The molecule has 2 aliphatic rings. The Balaban J connectivity index is 1.58. The Bertz CT molecular complexity index is 544. The number of primary amides is 1. The Morgan fingerprint density at radius 3 is 2.54 bits per heavy atom. The molecule has 3 heterocycles. The zero-order valence-corrected chi connectivity index (χ0v) is 15.0. The fraction of sp³-hybridized carbons (Fsp3) is 0.778. The van der Waals surface area contributed by atoms with Crippen molar-refractivity contribution in [3.05, 3.63) is 17.0 Å². The molecule has 0 bridgehead atoms. The van der Waals surface area contributed by atoms with Gasteiger partial charge in [-0.15, -0.1) is 0 Å². The van der Waals surface area contributed by atoms with Gasteiger partial charge in [-0.1, -0.05) is 18.0 Å². The Morgan fingerprint density at radius 2 is 1.92 bits per heavy atom. The lowest BCUT2D eigenvalue weighted by molar-refractivity contribution is 0.101. The average Bonchev–Trinajstić information content (AvgIpc) is 2.79. The largest absolute Gasteiger partial charge is 0.361 e. The van der Waals surface area contributed by atoms with Crippen LogP contribution in [0.2, 0.25) is 0 Å². The van der Waals surface area contributed by atoms with Crippen LogP contribution in [-0.4, -0.2) is 46.7 Å². The molecule has 6 nitrogen and oxygen atoms in total. The number of rotatable bonds is 3. The maximum Gasteiger partial charge on any atom is 0.315 e. The van der Waals surface area contributed by atoms with E-state index in [1.54, 1.807) is 0 Å². The third-order valence-corrected chi connectivity index (χ3v) is 5.82. The van der Waals surface area contributed by atoms with Crippen LogP contribution in [0.5, 0.6) is 0 Å². The minimum Gasteiger partial charge on any atom is -0.361 e. The van der Waals surface area contributed by atoms with E-state index < -0.39 is 0 Å². The number of aryl methyl sites for hydroxylation is 2. The normalized spacial score (nSPS) is 24.1. The number of urea groups is 1. The molecule has 0 aromatic carbocycles. The molecule has 24 heavy (non-hydrogen) atoms. The lowest BCUT2D eigenvalue weighted by atomic mass is 9.86. The Hall–Kier alpha value is -1.56. The maximum absolute atomic E-state index is 11.8. The number of nitrogens with two attached hydrogens (primary N) is 1. The minimum absolute atomic E-state index is 0.236. The van der Waals surface area contributed by atoms with Gasteiger partial charge in [-0.2, -0.15) is 0 Å². The number of carbonyl (C=O) groups is 1. The molecule has 1 aromatic rings. The number of likely N-dealkylation sites (tertiary alicyclic amines) is 2. The summed E-state index contributed by atoms with van der Waals surface area (Å²) in [5.41, 5.74) is 7.87. The van der Waals surface area contributed by atoms with Gasteiger partial charge in [0, 0.05) is 24.7 Å². The van der Waals surface area contributed by atoms with Crippen LogP contribution in [0.15, 0.2) is 4.52 Å². The summed E-state index contributed by atoms with van der Waals surface area (Å²) in [7, 11) is 0. The highest BCUT2D eigenvalue weighted by Crippen LogP contribution is 2.30. The Labute approximate surface area is 144 Å². The highest BCUT2D eigenvalue weighted by Gasteiger charge is 2.33. The molecule has 3 rings (SSSR count). The van der Waals surface area contributed by atoms with Gasteiger partial charge in [-0.25, -0.2) is 4.79 Å². The topological polar surface area (TPSA) is 75.6 Å². The Morgan fingerprint density at radius 1 is 1.17 bits per heavy atom. The molecule has 2 amide bonds. The molecule has 6 heteroatoms. The van der Waals surface area contributed by atoms with E-state index in [9.17, 15) is 4.79 Å². The highest BCUT2D eigenvalue weighted by atomic mass is 16.5. The molecule has 0 aliphatic carbocycles. The molecule has 2 aliphatic heterocycles. The summed E-state index contributed by atoms with van der Waals surface area (Å²) in [6.07, 6.45) is 6.90. The zero-order chi connectivity index (χ0) is 17.1. The third kappa shape index (κ3) is 3.74. The smallest absolute Gasteiger partial charge is 0.315 e. The molecule has 0 radical (unpaired) electrons. The van der Waals surface area contributed by atoms with E-state index in [-0.39, 0.29) is 6.03 Å². The number of hydrogen-bond acceptors (Lipinski definition) is 4. The van der Waals surface area contributed by atoms with Gasteiger partial charge in [0.1, 0.15) is 5.76 Å². The fourth-order valence-corrected chi connectivity index (χ4v) is 4.34. The quantitative estimate of drug-likeness (QED) is 0.922. The first-order valence-electron chi connectivity index (χ1n) is 9.26. The monoisotopic (exact) mass is 334 g/mol. The van der Waals surface area contributed by atoms with Crippen molar-refractivity contribution in [1.29, 1.82) is 0 Å². The lowest BCUT2D eigenvalue weighted by Gasteiger charge is -2.40. The Kier molecular flexibility index (Phi) is 5.43. The van der Waals surface area contributed by atoms with Gasteiger partial charge in [-0.3, -0.25) is 4.90 Å². The molecule has 1 aromatic heterocycles. The summed E-state index contributed by atoms with van der Waals surface area (Å²) < 4.78 is 5.27. The summed E-state index contributed by atoms with van der Waals surface area (Å²) in [4.78, 5) is 16.3. The lowest BCUT2D eigenvalue weighted by Crippen LogP contribution is -2.49. The van der Waals surface area contributed by atoms with Crippen LogP contribution >= 0.6 is 0 Å². The van der Waals surface area contributed by atoms with Crippen molar-refractivity contribution in [2.75, 3.05) is 19.6 Å². The van der Waals surface area contributed by atoms with Gasteiger partial charge in [-0.05, 0) is 58.5 Å². The molecule has 0 unspecified atom stereocenters. The van der Waals surface area contributed by atoms with E-state index in [2.05, 4.69) is 10.1 Å². The van der Waals surface area contributed by atoms with E-state index in [0.717, 1.165) is 63.3 Å². The van der Waals surface area contributed by atoms with Gasteiger partial charge in [0.15, 0.2) is 0 Å². The van der Waals surface area contributed by atoms with Crippen LogP contribution in [-0.2, 0) is 6.54 Å². The molecule has 0 spiro atoms. The number of carbonyl (C=O) groups excluding carboxylic acids is 1. The number of hydrogen-bond donors (Lipinski definition) is 1. The molecule has 134 valence electrons. The van der Waals surface area contributed by atoms with Crippen LogP contribution in [0.25, 0.3) is 0 Å². The number of aromatic nitrogens is 1. The molecule has 1 atom stereocenters. The van der Waals surface area contributed by atoms with E-state index in [0.29, 0.717) is 12.0 Å². The number of piperidine rings is 1. The van der Waals surface area contributed by atoms with Gasteiger partial charge in [0.25, 0.3) is 0 Å². The first-order chi connectivity index (χ1) is 11.6. The van der Waals surface area contributed by atoms with Crippen molar-refractivity contribution in [2.24, 2.45) is 11.7 Å². The van der Waals surface area contributed by atoms with Gasteiger partial charge in [0.2, 0.25) is 0 Å². The first-order valence-corrected chi connectivity index (χ1v) is 9.26. The van der Waals surface area contributed by atoms with Crippen molar-refractivity contribution in [1.82, 2.24) is 15.0 Å². The van der Waals surface area contributed by atoms with Crippen LogP contribution in [0.4, 0.5) is 4.79 Å². The van der Waals surface area contributed by atoms with E-state index >= 15 is 0 Å².